The Morgan fingerprint density at radius 3 is 2.93 bits per heavy atom. The normalized spacial score (nSPS) is 12.4. The Morgan fingerprint density at radius 1 is 1.24 bits per heavy atom. The van der Waals surface area contributed by atoms with Gasteiger partial charge in [0.15, 0.2) is 18.2 Å². The SMILES string of the molecule is O=C1COc2ccc(C(=O)NCc3ccc(Oc4cccnc4)c(F)c3)cc2N1. The second-order valence-corrected chi connectivity index (χ2v) is 6.29. The summed E-state index contributed by atoms with van der Waals surface area (Å²) in [5.74, 6) is -0.182. The fourth-order valence-electron chi connectivity index (χ4n) is 2.78. The topological polar surface area (TPSA) is 89.6 Å². The van der Waals surface area contributed by atoms with Gasteiger partial charge in [0.1, 0.15) is 11.5 Å². The van der Waals surface area contributed by atoms with Crippen LogP contribution in [0.4, 0.5) is 10.1 Å². The van der Waals surface area contributed by atoms with Crippen LogP contribution in [-0.4, -0.2) is 23.4 Å². The van der Waals surface area contributed by atoms with Crippen molar-refractivity contribution in [3.05, 3.63) is 77.9 Å². The molecule has 0 aliphatic carbocycles. The molecule has 1 aromatic heterocycles. The summed E-state index contributed by atoms with van der Waals surface area (Å²) >= 11 is 0. The van der Waals surface area contributed by atoms with Gasteiger partial charge in [0.2, 0.25) is 0 Å². The second-order valence-electron chi connectivity index (χ2n) is 6.29. The summed E-state index contributed by atoms with van der Waals surface area (Å²) < 4.78 is 25.0. The van der Waals surface area contributed by atoms with Crippen LogP contribution in [0.1, 0.15) is 15.9 Å². The summed E-state index contributed by atoms with van der Waals surface area (Å²) in [6.07, 6.45) is 3.08. The number of halogens is 1. The van der Waals surface area contributed by atoms with E-state index in [4.69, 9.17) is 9.47 Å². The molecule has 1 aliphatic rings. The molecule has 4 rings (SSSR count). The lowest BCUT2D eigenvalue weighted by Crippen LogP contribution is -2.27. The number of carbonyl (C=O) groups is 2. The van der Waals surface area contributed by atoms with Gasteiger partial charge < -0.3 is 20.1 Å². The standard InChI is InChI=1S/C21H16FN3O4/c22-16-8-13(3-5-18(16)29-15-2-1-7-23-11-15)10-24-21(27)14-4-6-19-17(9-14)25-20(26)12-28-19/h1-9,11H,10,12H2,(H,24,27)(H,25,26). The first-order chi connectivity index (χ1) is 14.1. The molecule has 8 heteroatoms. The number of ether oxygens (including phenoxy) is 2. The number of benzene rings is 2. The zero-order valence-corrected chi connectivity index (χ0v) is 15.1. The van der Waals surface area contributed by atoms with Crippen molar-refractivity contribution in [2.75, 3.05) is 11.9 Å². The number of rotatable bonds is 5. The number of aromatic nitrogens is 1. The minimum Gasteiger partial charge on any atom is -0.482 e. The maximum absolute atomic E-state index is 14.3. The van der Waals surface area contributed by atoms with Crippen LogP contribution in [0.2, 0.25) is 0 Å². The fraction of sp³-hybridized carbons (Fsp3) is 0.0952. The van der Waals surface area contributed by atoms with Crippen LogP contribution in [-0.2, 0) is 11.3 Å². The van der Waals surface area contributed by atoms with E-state index in [1.807, 2.05) is 0 Å². The van der Waals surface area contributed by atoms with Gasteiger partial charge in [-0.2, -0.15) is 0 Å². The van der Waals surface area contributed by atoms with Gasteiger partial charge in [0.25, 0.3) is 11.8 Å². The Kier molecular flexibility index (Phi) is 5.07. The molecule has 0 atom stereocenters. The van der Waals surface area contributed by atoms with E-state index in [0.717, 1.165) is 0 Å². The van der Waals surface area contributed by atoms with Crippen molar-refractivity contribution < 1.29 is 23.5 Å². The van der Waals surface area contributed by atoms with Crippen molar-refractivity contribution in [1.29, 1.82) is 0 Å². The third kappa shape index (κ3) is 4.32. The molecule has 1 aliphatic heterocycles. The third-order valence-electron chi connectivity index (χ3n) is 4.19. The van der Waals surface area contributed by atoms with Gasteiger partial charge in [0, 0.05) is 18.3 Å². The first kappa shape index (κ1) is 18.4. The first-order valence-electron chi connectivity index (χ1n) is 8.80. The fourth-order valence-corrected chi connectivity index (χ4v) is 2.78. The monoisotopic (exact) mass is 393 g/mol. The highest BCUT2D eigenvalue weighted by atomic mass is 19.1. The molecule has 0 bridgehead atoms. The molecule has 29 heavy (non-hydrogen) atoms. The van der Waals surface area contributed by atoms with Gasteiger partial charge in [0.05, 0.1) is 11.9 Å². The number of hydrogen-bond acceptors (Lipinski definition) is 5. The van der Waals surface area contributed by atoms with Gasteiger partial charge in [-0.1, -0.05) is 6.07 Å². The van der Waals surface area contributed by atoms with Gasteiger partial charge in [-0.3, -0.25) is 14.6 Å². The molecule has 0 fully saturated rings. The molecule has 2 N–H and O–H groups in total. The van der Waals surface area contributed by atoms with E-state index in [9.17, 15) is 14.0 Å². The van der Waals surface area contributed by atoms with Crippen molar-refractivity contribution >= 4 is 17.5 Å². The Bertz CT molecular complexity index is 1070. The summed E-state index contributed by atoms with van der Waals surface area (Å²) in [5, 5.41) is 5.37. The van der Waals surface area contributed by atoms with E-state index >= 15 is 0 Å². The maximum atomic E-state index is 14.3. The molecule has 7 nitrogen and oxygen atoms in total. The predicted octanol–water partition coefficient (Wildman–Crippen LogP) is 3.27. The lowest BCUT2D eigenvalue weighted by atomic mass is 10.1. The van der Waals surface area contributed by atoms with Crippen molar-refractivity contribution in [3.63, 3.8) is 0 Å². The number of amides is 2. The summed E-state index contributed by atoms with van der Waals surface area (Å²) in [4.78, 5) is 27.7. The molecule has 0 radical (unpaired) electrons. The largest absolute Gasteiger partial charge is 0.482 e. The Balaban J connectivity index is 1.40. The Hall–Kier alpha value is -3.94. The Morgan fingerprint density at radius 2 is 2.14 bits per heavy atom. The van der Waals surface area contributed by atoms with E-state index in [0.29, 0.717) is 28.3 Å². The lowest BCUT2D eigenvalue weighted by Gasteiger charge is -2.18. The number of anilines is 1. The highest BCUT2D eigenvalue weighted by Gasteiger charge is 2.18. The molecule has 2 heterocycles. The zero-order valence-electron chi connectivity index (χ0n) is 15.1. The third-order valence-corrected chi connectivity index (χ3v) is 4.19. The van der Waals surface area contributed by atoms with Crippen LogP contribution in [0.25, 0.3) is 0 Å². The number of nitrogens with one attached hydrogen (secondary N) is 2. The summed E-state index contributed by atoms with van der Waals surface area (Å²) in [5.41, 5.74) is 1.37. The van der Waals surface area contributed by atoms with Gasteiger partial charge in [-0.15, -0.1) is 0 Å². The number of carbonyl (C=O) groups excluding carboxylic acids is 2. The first-order valence-corrected chi connectivity index (χ1v) is 8.80. The summed E-state index contributed by atoms with van der Waals surface area (Å²) in [7, 11) is 0. The van der Waals surface area contributed by atoms with E-state index in [2.05, 4.69) is 15.6 Å². The number of fused-ring (bicyclic) bond motifs is 1. The zero-order chi connectivity index (χ0) is 20.2. The highest BCUT2D eigenvalue weighted by Crippen LogP contribution is 2.28. The maximum Gasteiger partial charge on any atom is 0.262 e. The van der Waals surface area contributed by atoms with Crippen LogP contribution in [0.5, 0.6) is 17.2 Å². The smallest absolute Gasteiger partial charge is 0.262 e. The van der Waals surface area contributed by atoms with Crippen LogP contribution >= 0.6 is 0 Å². The number of hydrogen-bond donors (Lipinski definition) is 2. The number of nitrogens with zero attached hydrogens (tertiary/aromatic N) is 1. The van der Waals surface area contributed by atoms with Crippen LogP contribution in [0.3, 0.4) is 0 Å². The van der Waals surface area contributed by atoms with E-state index in [-0.39, 0.29) is 30.7 Å². The average Bonchev–Trinajstić information content (AvgIpc) is 2.74. The van der Waals surface area contributed by atoms with Crippen molar-refractivity contribution in [3.8, 4) is 17.2 Å². The minimum absolute atomic E-state index is 0.0510. The van der Waals surface area contributed by atoms with Crippen LogP contribution in [0.15, 0.2) is 60.9 Å². The molecule has 0 saturated carbocycles. The average molecular weight is 393 g/mol. The Labute approximate surface area is 165 Å². The summed E-state index contributed by atoms with van der Waals surface area (Å²) in [6, 6.07) is 12.6. The van der Waals surface area contributed by atoms with Crippen molar-refractivity contribution in [1.82, 2.24) is 10.3 Å². The second kappa shape index (κ2) is 7.97. The van der Waals surface area contributed by atoms with Crippen molar-refractivity contribution in [2.45, 2.75) is 6.54 Å². The molecule has 2 aromatic carbocycles. The predicted molar refractivity (Wildman–Crippen MR) is 102 cm³/mol. The highest BCUT2D eigenvalue weighted by molar-refractivity contribution is 5.99. The molecule has 2 amide bonds. The molecule has 0 spiro atoms. The molecule has 0 saturated heterocycles. The van der Waals surface area contributed by atoms with Crippen LogP contribution in [0, 0.1) is 5.82 Å². The van der Waals surface area contributed by atoms with Crippen molar-refractivity contribution in [2.24, 2.45) is 0 Å². The molecular weight excluding hydrogens is 377 g/mol. The molecule has 0 unspecified atom stereocenters. The van der Waals surface area contributed by atoms with E-state index in [1.165, 1.54) is 24.4 Å². The lowest BCUT2D eigenvalue weighted by molar-refractivity contribution is -0.118. The molecule has 3 aromatic rings. The van der Waals surface area contributed by atoms with E-state index < -0.39 is 5.82 Å². The number of pyridine rings is 1. The quantitative estimate of drug-likeness (QED) is 0.694. The molecule has 146 valence electrons. The van der Waals surface area contributed by atoms with Crippen LogP contribution < -0.4 is 20.1 Å². The van der Waals surface area contributed by atoms with E-state index in [1.54, 1.807) is 36.5 Å². The van der Waals surface area contributed by atoms with Gasteiger partial charge in [-0.05, 0) is 48.0 Å². The molecular formula is C21H16FN3O4. The van der Waals surface area contributed by atoms with Gasteiger partial charge >= 0.3 is 0 Å². The van der Waals surface area contributed by atoms with Gasteiger partial charge in [-0.25, -0.2) is 4.39 Å². The minimum atomic E-state index is -0.547. The summed E-state index contributed by atoms with van der Waals surface area (Å²) in [6.45, 7) is 0.0769.